The summed E-state index contributed by atoms with van der Waals surface area (Å²) in [6.45, 7) is 30.7. The standard InChI is InChI=1S/C22H41N/c1-14-22(12,13)17-16(19(3,4)5)15(2)23(21(9,10)11)18(17)20(6,7)8/h14H2,1-13H3. The summed E-state index contributed by atoms with van der Waals surface area (Å²) in [5.41, 5.74) is 6.69. The monoisotopic (exact) mass is 319 g/mol. The molecule has 0 bridgehead atoms. The van der Waals surface area contributed by atoms with Crippen molar-refractivity contribution in [2.75, 3.05) is 0 Å². The normalized spacial score (nSPS) is 14.5. The van der Waals surface area contributed by atoms with Crippen molar-refractivity contribution in [2.45, 2.75) is 118 Å². The molecule has 1 aromatic rings. The molecule has 0 saturated carbocycles. The third-order valence-electron chi connectivity index (χ3n) is 5.10. The van der Waals surface area contributed by atoms with Crippen LogP contribution < -0.4 is 0 Å². The fourth-order valence-electron chi connectivity index (χ4n) is 3.99. The summed E-state index contributed by atoms with van der Waals surface area (Å²) in [5, 5.41) is 0. The van der Waals surface area contributed by atoms with Gasteiger partial charge in [0.25, 0.3) is 0 Å². The van der Waals surface area contributed by atoms with Gasteiger partial charge in [0, 0.05) is 22.3 Å². The van der Waals surface area contributed by atoms with Gasteiger partial charge in [-0.05, 0) is 56.1 Å². The maximum absolute atomic E-state index is 2.63. The second-order valence-corrected chi connectivity index (χ2v) is 10.9. The molecule has 0 fully saturated rings. The van der Waals surface area contributed by atoms with Crippen LogP contribution in [0.1, 0.15) is 112 Å². The molecule has 134 valence electrons. The van der Waals surface area contributed by atoms with Crippen LogP contribution in [0, 0.1) is 6.92 Å². The Bertz CT molecular complexity index is 563. The highest BCUT2D eigenvalue weighted by Crippen LogP contribution is 2.47. The molecule has 0 aliphatic carbocycles. The average molecular weight is 320 g/mol. The fraction of sp³-hybridized carbons (Fsp3) is 0.818. The zero-order chi connectivity index (χ0) is 18.6. The Hall–Kier alpha value is -0.720. The van der Waals surface area contributed by atoms with E-state index in [1.54, 1.807) is 11.1 Å². The lowest BCUT2D eigenvalue weighted by Gasteiger charge is -2.36. The summed E-state index contributed by atoms with van der Waals surface area (Å²) in [4.78, 5) is 0. The summed E-state index contributed by atoms with van der Waals surface area (Å²) in [5.74, 6) is 0. The largest absolute Gasteiger partial charge is 0.343 e. The van der Waals surface area contributed by atoms with Crippen molar-refractivity contribution in [3.05, 3.63) is 22.5 Å². The van der Waals surface area contributed by atoms with Crippen molar-refractivity contribution in [1.82, 2.24) is 4.57 Å². The van der Waals surface area contributed by atoms with Gasteiger partial charge in [-0.2, -0.15) is 0 Å². The first-order valence-corrected chi connectivity index (χ1v) is 9.23. The smallest absolute Gasteiger partial charge is 0.0361 e. The van der Waals surface area contributed by atoms with Crippen molar-refractivity contribution in [2.24, 2.45) is 0 Å². The van der Waals surface area contributed by atoms with Gasteiger partial charge in [-0.3, -0.25) is 0 Å². The van der Waals surface area contributed by atoms with Crippen molar-refractivity contribution in [3.8, 4) is 0 Å². The quantitative estimate of drug-likeness (QED) is 0.562. The van der Waals surface area contributed by atoms with E-state index in [9.17, 15) is 0 Å². The van der Waals surface area contributed by atoms with E-state index in [4.69, 9.17) is 0 Å². The maximum atomic E-state index is 2.63. The summed E-state index contributed by atoms with van der Waals surface area (Å²) >= 11 is 0. The van der Waals surface area contributed by atoms with Gasteiger partial charge >= 0.3 is 0 Å². The van der Waals surface area contributed by atoms with E-state index >= 15 is 0 Å². The first-order chi connectivity index (χ1) is 9.96. The molecule has 0 aliphatic rings. The molecule has 0 spiro atoms. The van der Waals surface area contributed by atoms with Crippen LogP contribution >= 0.6 is 0 Å². The maximum Gasteiger partial charge on any atom is 0.0361 e. The second kappa shape index (κ2) is 5.67. The first kappa shape index (κ1) is 20.3. The Morgan fingerprint density at radius 1 is 0.696 bits per heavy atom. The van der Waals surface area contributed by atoms with E-state index in [-0.39, 0.29) is 21.8 Å². The Kier molecular flexibility index (Phi) is 5.01. The number of nitrogens with zero attached hydrogens (tertiary/aromatic N) is 1. The van der Waals surface area contributed by atoms with Crippen LogP contribution in [0.5, 0.6) is 0 Å². The van der Waals surface area contributed by atoms with Gasteiger partial charge in [-0.25, -0.2) is 0 Å². The fourth-order valence-corrected chi connectivity index (χ4v) is 3.99. The number of hydrogen-bond acceptors (Lipinski definition) is 0. The van der Waals surface area contributed by atoms with Crippen LogP contribution in [-0.2, 0) is 21.8 Å². The minimum atomic E-state index is 0.0920. The molecule has 0 saturated heterocycles. The third kappa shape index (κ3) is 3.69. The molecule has 0 amide bonds. The van der Waals surface area contributed by atoms with Crippen molar-refractivity contribution < 1.29 is 0 Å². The average Bonchev–Trinajstić information content (AvgIpc) is 2.62. The van der Waals surface area contributed by atoms with Gasteiger partial charge in [0.15, 0.2) is 0 Å². The van der Waals surface area contributed by atoms with Crippen molar-refractivity contribution >= 4 is 0 Å². The van der Waals surface area contributed by atoms with Crippen molar-refractivity contribution in [3.63, 3.8) is 0 Å². The number of hydrogen-bond donors (Lipinski definition) is 0. The first-order valence-electron chi connectivity index (χ1n) is 9.23. The van der Waals surface area contributed by atoms with Gasteiger partial charge in [0.2, 0.25) is 0 Å². The van der Waals surface area contributed by atoms with E-state index in [0.717, 1.165) is 6.42 Å². The predicted octanol–water partition coefficient (Wildman–Crippen LogP) is 6.83. The van der Waals surface area contributed by atoms with E-state index in [1.807, 2.05) is 0 Å². The molecule has 0 aromatic carbocycles. The lowest BCUT2D eigenvalue weighted by Crippen LogP contribution is -2.32. The molecule has 1 aromatic heterocycles. The summed E-state index contributed by atoms with van der Waals surface area (Å²) < 4.78 is 2.63. The van der Waals surface area contributed by atoms with Crippen LogP contribution in [0.25, 0.3) is 0 Å². The minimum absolute atomic E-state index is 0.0920. The third-order valence-corrected chi connectivity index (χ3v) is 5.10. The molecule has 0 atom stereocenters. The van der Waals surface area contributed by atoms with Gasteiger partial charge in [0.1, 0.15) is 0 Å². The summed E-state index contributed by atoms with van der Waals surface area (Å²) in [6, 6.07) is 0. The molecule has 0 N–H and O–H groups in total. The molecular formula is C22H41N. The Labute approximate surface area is 145 Å². The number of rotatable bonds is 2. The Morgan fingerprint density at radius 3 is 1.39 bits per heavy atom. The summed E-state index contributed by atoms with van der Waals surface area (Å²) in [7, 11) is 0. The molecular weight excluding hydrogens is 278 g/mol. The molecule has 1 heterocycles. The van der Waals surface area contributed by atoms with Gasteiger partial charge < -0.3 is 4.57 Å². The highest BCUT2D eigenvalue weighted by Gasteiger charge is 2.40. The highest BCUT2D eigenvalue weighted by atomic mass is 15.1. The van der Waals surface area contributed by atoms with Gasteiger partial charge in [-0.1, -0.05) is 62.3 Å². The van der Waals surface area contributed by atoms with Crippen LogP contribution in [0.4, 0.5) is 0 Å². The van der Waals surface area contributed by atoms with E-state index < -0.39 is 0 Å². The zero-order valence-electron chi connectivity index (χ0n) is 18.2. The molecule has 0 aliphatic heterocycles. The molecule has 1 heteroatoms. The zero-order valence-corrected chi connectivity index (χ0v) is 18.2. The molecule has 0 unspecified atom stereocenters. The van der Waals surface area contributed by atoms with Crippen molar-refractivity contribution in [1.29, 1.82) is 0 Å². The molecule has 0 radical (unpaired) electrons. The van der Waals surface area contributed by atoms with Crippen LogP contribution in [0.3, 0.4) is 0 Å². The van der Waals surface area contributed by atoms with E-state index in [2.05, 4.69) is 94.6 Å². The molecule has 23 heavy (non-hydrogen) atoms. The second-order valence-electron chi connectivity index (χ2n) is 10.9. The topological polar surface area (TPSA) is 4.93 Å². The lowest BCUT2D eigenvalue weighted by atomic mass is 9.70. The SMILES string of the molecule is CCC(C)(C)c1c(C(C)(C)C)c(C)n(C(C)(C)C)c1C(C)(C)C. The minimum Gasteiger partial charge on any atom is -0.343 e. The summed E-state index contributed by atoms with van der Waals surface area (Å²) in [6.07, 6.45) is 1.16. The lowest BCUT2D eigenvalue weighted by molar-refractivity contribution is 0.347. The van der Waals surface area contributed by atoms with Gasteiger partial charge in [-0.15, -0.1) is 0 Å². The highest BCUT2D eigenvalue weighted by molar-refractivity contribution is 5.50. The molecule has 1 rings (SSSR count). The van der Waals surface area contributed by atoms with Gasteiger partial charge in [0.05, 0.1) is 0 Å². The molecule has 1 nitrogen and oxygen atoms in total. The Balaban J connectivity index is 4.14. The Morgan fingerprint density at radius 2 is 1.13 bits per heavy atom. The van der Waals surface area contributed by atoms with Crippen LogP contribution in [-0.4, -0.2) is 4.57 Å². The van der Waals surface area contributed by atoms with E-state index in [0.29, 0.717) is 0 Å². The van der Waals surface area contributed by atoms with Crippen LogP contribution in [0.2, 0.25) is 0 Å². The van der Waals surface area contributed by atoms with Crippen LogP contribution in [0.15, 0.2) is 0 Å². The predicted molar refractivity (Wildman–Crippen MR) is 105 cm³/mol. The van der Waals surface area contributed by atoms with E-state index in [1.165, 1.54) is 11.4 Å². The number of aromatic nitrogens is 1.